The molecule has 20 heteroatoms. The Bertz CT molecular complexity index is 1160. The SMILES string of the molecule is O=C(O)C(F)(F)F.O=C(O)C(F)(F)F.O=C(O)C(F)(F)F.c1cncc(CO[C@@H]2CO[C@@]3(CCN(Cc4cccnc4)C3)C2)c1. The van der Waals surface area contributed by atoms with Crippen molar-refractivity contribution in [2.45, 2.75) is 56.2 Å². The number of aromatic nitrogens is 2. The third kappa shape index (κ3) is 15.5. The van der Waals surface area contributed by atoms with Crippen LogP contribution < -0.4 is 0 Å². The Labute approximate surface area is 248 Å². The Morgan fingerprint density at radius 1 is 0.844 bits per heavy atom. The molecule has 2 aliphatic heterocycles. The molecule has 0 saturated carbocycles. The number of likely N-dealkylation sites (tertiary alicyclic amines) is 1. The van der Waals surface area contributed by atoms with Gasteiger partial charge in [-0.25, -0.2) is 14.4 Å². The fraction of sp³-hybridized carbons (Fsp3) is 0.480. The first-order chi connectivity index (χ1) is 20.6. The van der Waals surface area contributed by atoms with Gasteiger partial charge in [0.05, 0.1) is 24.9 Å². The topological polar surface area (TPSA) is 159 Å². The zero-order chi connectivity index (χ0) is 34.5. The monoisotopic (exact) mass is 667 g/mol. The summed E-state index contributed by atoms with van der Waals surface area (Å²) in [6, 6.07) is 8.12. The number of hydrogen-bond acceptors (Lipinski definition) is 8. The highest BCUT2D eigenvalue weighted by Crippen LogP contribution is 2.37. The highest BCUT2D eigenvalue weighted by Gasteiger charge is 2.46. The molecular formula is C25H26F9N3O8. The predicted molar refractivity (Wildman–Crippen MR) is 131 cm³/mol. The fourth-order valence-electron chi connectivity index (χ4n) is 3.70. The van der Waals surface area contributed by atoms with Crippen LogP contribution in [0, 0.1) is 0 Å². The molecule has 2 atom stereocenters. The number of carboxylic acid groups (broad SMARTS) is 3. The minimum atomic E-state index is -5.08. The molecule has 0 bridgehead atoms. The fourth-order valence-corrected chi connectivity index (χ4v) is 3.70. The van der Waals surface area contributed by atoms with E-state index >= 15 is 0 Å². The van der Waals surface area contributed by atoms with Crippen molar-refractivity contribution in [1.29, 1.82) is 0 Å². The van der Waals surface area contributed by atoms with E-state index in [9.17, 15) is 39.5 Å². The molecule has 11 nitrogen and oxygen atoms in total. The molecule has 2 aromatic rings. The van der Waals surface area contributed by atoms with Crippen LogP contribution in [0.15, 0.2) is 49.1 Å². The van der Waals surface area contributed by atoms with Crippen LogP contribution in [0.4, 0.5) is 39.5 Å². The number of alkyl halides is 9. The van der Waals surface area contributed by atoms with Gasteiger partial charge in [0.1, 0.15) is 0 Å². The second kappa shape index (κ2) is 16.9. The summed E-state index contributed by atoms with van der Waals surface area (Å²) < 4.78 is 107. The Morgan fingerprint density at radius 3 is 1.69 bits per heavy atom. The molecule has 0 amide bonds. The molecule has 2 saturated heterocycles. The number of hydrogen-bond donors (Lipinski definition) is 3. The number of carbonyl (C=O) groups is 3. The summed E-state index contributed by atoms with van der Waals surface area (Å²) in [7, 11) is 0. The first kappa shape index (κ1) is 39.0. The van der Waals surface area contributed by atoms with Gasteiger partial charge in [0.2, 0.25) is 0 Å². The summed E-state index contributed by atoms with van der Waals surface area (Å²) in [5.41, 5.74) is 2.35. The van der Waals surface area contributed by atoms with Gasteiger partial charge < -0.3 is 24.8 Å². The minimum Gasteiger partial charge on any atom is -0.475 e. The molecule has 2 aliphatic rings. The van der Waals surface area contributed by atoms with Crippen molar-refractivity contribution in [3.05, 3.63) is 60.2 Å². The van der Waals surface area contributed by atoms with Crippen LogP contribution >= 0.6 is 0 Å². The molecule has 45 heavy (non-hydrogen) atoms. The Hall–Kier alpha value is -4.04. The molecule has 0 unspecified atom stereocenters. The van der Waals surface area contributed by atoms with Gasteiger partial charge in [0.15, 0.2) is 0 Å². The third-order valence-electron chi connectivity index (χ3n) is 5.64. The van der Waals surface area contributed by atoms with Gasteiger partial charge in [-0.15, -0.1) is 0 Å². The van der Waals surface area contributed by atoms with Crippen LogP contribution in [0.2, 0.25) is 0 Å². The van der Waals surface area contributed by atoms with Gasteiger partial charge >= 0.3 is 36.4 Å². The van der Waals surface area contributed by atoms with Gasteiger partial charge in [0.25, 0.3) is 0 Å². The van der Waals surface area contributed by atoms with E-state index in [1.54, 1.807) is 6.20 Å². The quantitative estimate of drug-likeness (QED) is 0.390. The second-order valence-electron chi connectivity index (χ2n) is 9.22. The van der Waals surface area contributed by atoms with E-state index in [1.165, 1.54) is 5.56 Å². The minimum absolute atomic E-state index is 0.0260. The molecule has 1 spiro atoms. The van der Waals surface area contributed by atoms with E-state index < -0.39 is 36.4 Å². The molecule has 2 fully saturated rings. The first-order valence-electron chi connectivity index (χ1n) is 12.3. The van der Waals surface area contributed by atoms with Crippen molar-refractivity contribution < 1.29 is 78.7 Å². The lowest BCUT2D eigenvalue weighted by atomic mass is 9.98. The summed E-state index contributed by atoms with van der Waals surface area (Å²) in [6.45, 7) is 4.30. The Morgan fingerprint density at radius 2 is 1.29 bits per heavy atom. The largest absolute Gasteiger partial charge is 0.490 e. The molecule has 0 radical (unpaired) electrons. The van der Waals surface area contributed by atoms with Gasteiger partial charge in [-0.2, -0.15) is 39.5 Å². The molecule has 3 N–H and O–H groups in total. The van der Waals surface area contributed by atoms with Crippen LogP contribution in [0.3, 0.4) is 0 Å². The van der Waals surface area contributed by atoms with Crippen molar-refractivity contribution >= 4 is 17.9 Å². The highest BCUT2D eigenvalue weighted by atomic mass is 19.4. The summed E-state index contributed by atoms with van der Waals surface area (Å²) in [5.74, 6) is -8.27. The molecule has 252 valence electrons. The van der Waals surface area contributed by atoms with Crippen LogP contribution in [0.1, 0.15) is 24.0 Å². The zero-order valence-electron chi connectivity index (χ0n) is 22.8. The van der Waals surface area contributed by atoms with E-state index in [0.717, 1.165) is 38.0 Å². The number of carboxylic acids is 3. The van der Waals surface area contributed by atoms with Crippen molar-refractivity contribution in [2.75, 3.05) is 19.7 Å². The van der Waals surface area contributed by atoms with Crippen LogP contribution in [0.5, 0.6) is 0 Å². The number of aliphatic carboxylic acids is 3. The van der Waals surface area contributed by atoms with Crippen molar-refractivity contribution in [3.8, 4) is 0 Å². The number of pyridine rings is 2. The lowest BCUT2D eigenvalue weighted by Gasteiger charge is -2.23. The van der Waals surface area contributed by atoms with Gasteiger partial charge in [-0.1, -0.05) is 12.1 Å². The van der Waals surface area contributed by atoms with Gasteiger partial charge in [-0.05, 0) is 29.7 Å². The van der Waals surface area contributed by atoms with E-state index in [2.05, 4.69) is 20.9 Å². The normalized spacial score (nSPS) is 19.7. The van der Waals surface area contributed by atoms with E-state index in [1.807, 2.05) is 36.8 Å². The maximum atomic E-state index is 10.6. The summed E-state index contributed by atoms with van der Waals surface area (Å²) in [5, 5.41) is 21.4. The molecule has 4 heterocycles. The maximum Gasteiger partial charge on any atom is 0.490 e. The standard InChI is InChI=1S/C19H23N3O2.3C2HF3O2/c1-3-16(10-20-6-1)12-22-8-5-19(15-22)9-18(14-24-19)23-13-17-4-2-7-21-11-17;3*3-2(4,5)1(6)7/h1-4,6-7,10-11,18H,5,8-9,12-15H2;3*(H,6,7)/t18-,19-;;;/m0.../s1. The summed E-state index contributed by atoms with van der Waals surface area (Å²) in [4.78, 5) is 37.5. The summed E-state index contributed by atoms with van der Waals surface area (Å²) in [6.07, 6.45) is -5.59. The third-order valence-corrected chi connectivity index (χ3v) is 5.64. The smallest absolute Gasteiger partial charge is 0.475 e. The Balaban J connectivity index is 0.000000396. The number of ether oxygens (including phenoxy) is 2. The number of nitrogens with zero attached hydrogens (tertiary/aromatic N) is 3. The summed E-state index contributed by atoms with van der Waals surface area (Å²) >= 11 is 0. The molecular weight excluding hydrogens is 641 g/mol. The molecule has 2 aromatic heterocycles. The molecule has 0 aromatic carbocycles. The van der Waals surface area contributed by atoms with E-state index in [-0.39, 0.29) is 11.7 Å². The average Bonchev–Trinajstić information content (AvgIpc) is 3.53. The lowest BCUT2D eigenvalue weighted by molar-refractivity contribution is -0.193. The van der Waals surface area contributed by atoms with Crippen molar-refractivity contribution in [1.82, 2.24) is 14.9 Å². The van der Waals surface area contributed by atoms with Crippen LogP contribution in [-0.4, -0.2) is 98.0 Å². The van der Waals surface area contributed by atoms with Crippen molar-refractivity contribution in [3.63, 3.8) is 0 Å². The van der Waals surface area contributed by atoms with Crippen LogP contribution in [-0.2, 0) is 37.0 Å². The highest BCUT2D eigenvalue weighted by molar-refractivity contribution is 5.73. The van der Waals surface area contributed by atoms with Crippen molar-refractivity contribution in [2.24, 2.45) is 0 Å². The van der Waals surface area contributed by atoms with Crippen LogP contribution in [0.25, 0.3) is 0 Å². The molecule has 4 rings (SSSR count). The lowest BCUT2D eigenvalue weighted by Crippen LogP contribution is -2.33. The Kier molecular flexibility index (Phi) is 14.6. The van der Waals surface area contributed by atoms with E-state index in [0.29, 0.717) is 13.2 Å². The van der Waals surface area contributed by atoms with E-state index in [4.69, 9.17) is 39.2 Å². The first-order valence-corrected chi connectivity index (χ1v) is 12.3. The average molecular weight is 667 g/mol. The number of halogens is 9. The second-order valence-corrected chi connectivity index (χ2v) is 9.22. The maximum absolute atomic E-state index is 10.6. The number of rotatable bonds is 5. The predicted octanol–water partition coefficient (Wildman–Crippen LogP) is 4.33. The molecule has 0 aliphatic carbocycles. The van der Waals surface area contributed by atoms with Gasteiger partial charge in [0, 0.05) is 50.8 Å². The zero-order valence-corrected chi connectivity index (χ0v) is 22.8. The van der Waals surface area contributed by atoms with Gasteiger partial charge in [-0.3, -0.25) is 14.9 Å².